The maximum Gasteiger partial charge on any atom is 0.0693 e. The first kappa shape index (κ1) is 21.5. The number of rotatable bonds is 10. The summed E-state index contributed by atoms with van der Waals surface area (Å²) in [6.07, 6.45) is 25.8. The second kappa shape index (κ2) is 11.8. The van der Waals surface area contributed by atoms with Crippen LogP contribution >= 0.6 is 0 Å². The van der Waals surface area contributed by atoms with Gasteiger partial charge in [0, 0.05) is 0 Å². The van der Waals surface area contributed by atoms with Crippen molar-refractivity contribution in [3.63, 3.8) is 0 Å². The van der Waals surface area contributed by atoms with Crippen LogP contribution in [0.25, 0.3) is 0 Å². The molecule has 0 bridgehead atoms. The van der Waals surface area contributed by atoms with Gasteiger partial charge in [-0.15, -0.1) is 0 Å². The number of hydrogen-bond donors (Lipinski definition) is 0. The lowest BCUT2D eigenvalue weighted by atomic mass is 9.64. The Balaban J connectivity index is 1.70. The van der Waals surface area contributed by atoms with Crippen molar-refractivity contribution in [2.45, 2.75) is 117 Å². The van der Waals surface area contributed by atoms with Gasteiger partial charge < -0.3 is 0 Å². The van der Waals surface area contributed by atoms with Crippen molar-refractivity contribution in [3.05, 3.63) is 12.2 Å². The standard InChI is InChI=1S/C25H43N/c1-3-5-7-8-10-18-25(21-26)19-16-24(17-20-25)23-14-12-22(13-15-23)11-9-6-4-2/h8,10,22-24H,3-7,9,11-20H2,1-2H3. The largest absolute Gasteiger partial charge is 0.198 e. The highest BCUT2D eigenvalue weighted by Gasteiger charge is 2.37. The molecule has 2 rings (SSSR count). The van der Waals surface area contributed by atoms with Crippen LogP contribution in [0.1, 0.15) is 117 Å². The Labute approximate surface area is 163 Å². The molecule has 1 heteroatoms. The van der Waals surface area contributed by atoms with Crippen molar-refractivity contribution in [3.8, 4) is 6.07 Å². The fourth-order valence-electron chi connectivity index (χ4n) is 5.41. The minimum atomic E-state index is -0.0451. The summed E-state index contributed by atoms with van der Waals surface area (Å²) in [5, 5.41) is 9.79. The number of hydrogen-bond acceptors (Lipinski definition) is 1. The Morgan fingerprint density at radius 1 is 0.846 bits per heavy atom. The summed E-state index contributed by atoms with van der Waals surface area (Å²) in [6, 6.07) is 2.72. The molecule has 0 aromatic rings. The van der Waals surface area contributed by atoms with Crippen molar-refractivity contribution >= 4 is 0 Å². The molecule has 148 valence electrons. The molecule has 0 N–H and O–H groups in total. The molecule has 0 amide bonds. The van der Waals surface area contributed by atoms with Crippen LogP contribution in [-0.2, 0) is 0 Å². The molecule has 0 atom stereocenters. The fraction of sp³-hybridized carbons (Fsp3) is 0.880. The molecule has 0 radical (unpaired) electrons. The maximum atomic E-state index is 9.79. The van der Waals surface area contributed by atoms with E-state index in [4.69, 9.17) is 0 Å². The Bertz CT molecular complexity index is 428. The average Bonchev–Trinajstić information content (AvgIpc) is 2.69. The lowest BCUT2D eigenvalue weighted by molar-refractivity contribution is 0.121. The normalized spacial score (nSPS) is 32.6. The third kappa shape index (κ3) is 6.75. The molecular weight excluding hydrogens is 314 g/mol. The van der Waals surface area contributed by atoms with Gasteiger partial charge in [0.05, 0.1) is 11.5 Å². The van der Waals surface area contributed by atoms with Gasteiger partial charge in [0.1, 0.15) is 0 Å². The molecule has 2 aliphatic rings. The van der Waals surface area contributed by atoms with Crippen LogP contribution in [0.3, 0.4) is 0 Å². The molecule has 0 aromatic heterocycles. The van der Waals surface area contributed by atoms with Crippen LogP contribution < -0.4 is 0 Å². The van der Waals surface area contributed by atoms with Crippen LogP contribution in [0.15, 0.2) is 12.2 Å². The first-order valence-electron chi connectivity index (χ1n) is 11.8. The zero-order valence-corrected chi connectivity index (χ0v) is 17.6. The molecule has 1 nitrogen and oxygen atoms in total. The van der Waals surface area contributed by atoms with Gasteiger partial charge in [-0.3, -0.25) is 0 Å². The first-order valence-corrected chi connectivity index (χ1v) is 11.8. The predicted octanol–water partition coefficient (Wildman–Crippen LogP) is 8.21. The van der Waals surface area contributed by atoms with Crippen LogP contribution in [0.5, 0.6) is 0 Å². The summed E-state index contributed by atoms with van der Waals surface area (Å²) >= 11 is 0. The Morgan fingerprint density at radius 2 is 1.50 bits per heavy atom. The smallest absolute Gasteiger partial charge is 0.0693 e. The summed E-state index contributed by atoms with van der Waals surface area (Å²) in [7, 11) is 0. The summed E-state index contributed by atoms with van der Waals surface area (Å²) in [4.78, 5) is 0. The highest BCUT2D eigenvalue weighted by molar-refractivity contribution is 5.06. The molecule has 0 unspecified atom stereocenters. The third-order valence-electron chi connectivity index (χ3n) is 7.40. The monoisotopic (exact) mass is 357 g/mol. The van der Waals surface area contributed by atoms with Crippen molar-refractivity contribution in [1.82, 2.24) is 0 Å². The van der Waals surface area contributed by atoms with E-state index in [0.717, 1.165) is 37.0 Å². The van der Waals surface area contributed by atoms with E-state index < -0.39 is 0 Å². The van der Waals surface area contributed by atoms with E-state index in [1.54, 1.807) is 0 Å². The quantitative estimate of drug-likeness (QED) is 0.285. The Morgan fingerprint density at radius 3 is 2.12 bits per heavy atom. The zero-order chi connectivity index (χ0) is 18.7. The molecule has 0 spiro atoms. The van der Waals surface area contributed by atoms with Crippen molar-refractivity contribution < 1.29 is 0 Å². The van der Waals surface area contributed by atoms with Crippen molar-refractivity contribution in [2.75, 3.05) is 0 Å². The van der Waals surface area contributed by atoms with E-state index in [-0.39, 0.29) is 5.41 Å². The average molecular weight is 358 g/mol. The summed E-state index contributed by atoms with van der Waals surface area (Å²) < 4.78 is 0. The van der Waals surface area contributed by atoms with Crippen LogP contribution in [0, 0.1) is 34.5 Å². The summed E-state index contributed by atoms with van der Waals surface area (Å²) in [6.45, 7) is 4.55. The van der Waals surface area contributed by atoms with Crippen LogP contribution in [0.4, 0.5) is 0 Å². The fourth-order valence-corrected chi connectivity index (χ4v) is 5.41. The van der Waals surface area contributed by atoms with Gasteiger partial charge in [-0.25, -0.2) is 0 Å². The highest BCUT2D eigenvalue weighted by atomic mass is 14.4. The minimum absolute atomic E-state index is 0.0451. The van der Waals surface area contributed by atoms with Gasteiger partial charge in [-0.2, -0.15) is 5.26 Å². The maximum absolute atomic E-state index is 9.79. The van der Waals surface area contributed by atoms with Crippen LogP contribution in [-0.4, -0.2) is 0 Å². The molecule has 2 fully saturated rings. The van der Waals surface area contributed by atoms with E-state index in [1.807, 2.05) is 0 Å². The summed E-state index contributed by atoms with van der Waals surface area (Å²) in [5.41, 5.74) is -0.0451. The van der Waals surface area contributed by atoms with E-state index in [2.05, 4.69) is 32.1 Å². The van der Waals surface area contributed by atoms with E-state index in [9.17, 15) is 5.26 Å². The second-order valence-electron chi connectivity index (χ2n) is 9.32. The van der Waals surface area contributed by atoms with Gasteiger partial charge in [0.2, 0.25) is 0 Å². The number of nitriles is 1. The highest BCUT2D eigenvalue weighted by Crippen LogP contribution is 2.47. The van der Waals surface area contributed by atoms with Gasteiger partial charge >= 0.3 is 0 Å². The SMILES string of the molecule is CCCCC=CCC1(C#N)CCC(C2CCC(CCCCC)CC2)CC1. The molecule has 0 aromatic carbocycles. The second-order valence-corrected chi connectivity index (χ2v) is 9.32. The zero-order valence-electron chi connectivity index (χ0n) is 17.6. The lowest BCUT2D eigenvalue weighted by Gasteiger charge is -2.40. The number of allylic oxidation sites excluding steroid dienone is 2. The van der Waals surface area contributed by atoms with E-state index >= 15 is 0 Å². The Hall–Kier alpha value is -0.770. The van der Waals surface area contributed by atoms with Gasteiger partial charge in [-0.05, 0) is 69.1 Å². The predicted molar refractivity (Wildman–Crippen MR) is 113 cm³/mol. The molecular formula is C25H43N. The summed E-state index contributed by atoms with van der Waals surface area (Å²) in [5.74, 6) is 2.90. The number of nitrogens with zero attached hydrogens (tertiary/aromatic N) is 1. The molecule has 0 saturated heterocycles. The molecule has 2 saturated carbocycles. The molecule has 0 heterocycles. The van der Waals surface area contributed by atoms with Crippen molar-refractivity contribution in [1.29, 1.82) is 5.26 Å². The van der Waals surface area contributed by atoms with Gasteiger partial charge in [0.25, 0.3) is 0 Å². The minimum Gasteiger partial charge on any atom is -0.198 e. The van der Waals surface area contributed by atoms with Crippen molar-refractivity contribution in [2.24, 2.45) is 23.2 Å². The molecule has 26 heavy (non-hydrogen) atoms. The van der Waals surface area contributed by atoms with E-state index in [1.165, 1.54) is 83.5 Å². The molecule has 2 aliphatic carbocycles. The van der Waals surface area contributed by atoms with Crippen LogP contribution in [0.2, 0.25) is 0 Å². The first-order chi connectivity index (χ1) is 12.7. The topological polar surface area (TPSA) is 23.8 Å². The van der Waals surface area contributed by atoms with Gasteiger partial charge in [-0.1, -0.05) is 77.4 Å². The third-order valence-corrected chi connectivity index (χ3v) is 7.40. The van der Waals surface area contributed by atoms with E-state index in [0.29, 0.717) is 0 Å². The van der Waals surface area contributed by atoms with Gasteiger partial charge in [0.15, 0.2) is 0 Å². The molecule has 0 aliphatic heterocycles. The number of unbranched alkanes of at least 4 members (excludes halogenated alkanes) is 4. The lowest BCUT2D eigenvalue weighted by Crippen LogP contribution is -2.30. The Kier molecular flexibility index (Phi) is 9.80.